The number of carbonyl (C=O) groups is 1. The first-order chi connectivity index (χ1) is 13.4. The van der Waals surface area contributed by atoms with Crippen LogP contribution in [0.3, 0.4) is 0 Å². The fraction of sp³-hybridized carbons (Fsp3) is 0.524. The van der Waals surface area contributed by atoms with Gasteiger partial charge in [-0.05, 0) is 44.0 Å². The Morgan fingerprint density at radius 1 is 1.25 bits per heavy atom. The summed E-state index contributed by atoms with van der Waals surface area (Å²) in [6.07, 6.45) is 0.276. The molecular weight excluding hydrogens is 360 g/mol. The number of amides is 1. The van der Waals surface area contributed by atoms with E-state index in [4.69, 9.17) is 13.9 Å². The molecule has 0 bridgehead atoms. The lowest BCUT2D eigenvalue weighted by Crippen LogP contribution is -3.14. The van der Waals surface area contributed by atoms with Gasteiger partial charge in [0.15, 0.2) is 6.10 Å². The first kappa shape index (κ1) is 20.4. The average Bonchev–Trinajstić information content (AvgIpc) is 2.64. The molecule has 1 fully saturated rings. The van der Waals surface area contributed by atoms with E-state index in [2.05, 4.69) is 5.32 Å². The van der Waals surface area contributed by atoms with Crippen LogP contribution in [0, 0.1) is 13.8 Å². The Morgan fingerprint density at radius 2 is 2.00 bits per heavy atom. The summed E-state index contributed by atoms with van der Waals surface area (Å²) in [5.41, 5.74) is 1.75. The third kappa shape index (κ3) is 5.11. The molecule has 2 N–H and O–H groups in total. The number of aryl methyl sites for hydroxylation is 2. The Kier molecular flexibility index (Phi) is 6.70. The molecule has 0 aliphatic carbocycles. The number of hydrogen-bond acceptors (Lipinski definition) is 5. The summed E-state index contributed by atoms with van der Waals surface area (Å²) in [7, 11) is 0. The van der Waals surface area contributed by atoms with Crippen molar-refractivity contribution in [3.8, 4) is 5.75 Å². The molecule has 1 aromatic heterocycles. The van der Waals surface area contributed by atoms with E-state index in [0.29, 0.717) is 17.9 Å². The van der Waals surface area contributed by atoms with Gasteiger partial charge in [0.05, 0.1) is 25.1 Å². The van der Waals surface area contributed by atoms with Crippen molar-refractivity contribution in [3.63, 3.8) is 0 Å². The van der Waals surface area contributed by atoms with Crippen LogP contribution in [0.4, 0.5) is 0 Å². The lowest BCUT2D eigenvalue weighted by molar-refractivity contribution is -0.908. The molecule has 0 radical (unpaired) electrons. The third-order valence-electron chi connectivity index (χ3n) is 5.03. The molecule has 7 heteroatoms. The minimum atomic E-state index is -0.646. The minimum absolute atomic E-state index is 0.151. The maximum Gasteiger partial charge on any atom is 0.336 e. The smallest absolute Gasteiger partial charge is 0.336 e. The Bertz CT molecular complexity index is 886. The zero-order valence-electron chi connectivity index (χ0n) is 16.8. The summed E-state index contributed by atoms with van der Waals surface area (Å²) in [6.45, 7) is 10.8. The maximum atomic E-state index is 12.4. The van der Waals surface area contributed by atoms with E-state index in [-0.39, 0.29) is 5.91 Å². The average molecular weight is 389 g/mol. The normalized spacial score (nSPS) is 16.1. The summed E-state index contributed by atoms with van der Waals surface area (Å²) < 4.78 is 16.6. The maximum absolute atomic E-state index is 12.4. The van der Waals surface area contributed by atoms with Gasteiger partial charge in [-0.25, -0.2) is 4.79 Å². The largest absolute Gasteiger partial charge is 0.480 e. The van der Waals surface area contributed by atoms with Gasteiger partial charge in [-0.2, -0.15) is 0 Å². The fourth-order valence-corrected chi connectivity index (χ4v) is 3.52. The summed E-state index contributed by atoms with van der Waals surface area (Å²) in [5, 5.41) is 3.67. The van der Waals surface area contributed by atoms with Crippen LogP contribution in [0.1, 0.15) is 24.5 Å². The molecule has 0 unspecified atom stereocenters. The number of benzene rings is 1. The Balaban J connectivity index is 1.58. The highest BCUT2D eigenvalue weighted by Gasteiger charge is 2.18. The van der Waals surface area contributed by atoms with E-state index in [1.54, 1.807) is 13.0 Å². The van der Waals surface area contributed by atoms with Crippen LogP contribution in [-0.4, -0.2) is 51.4 Å². The van der Waals surface area contributed by atoms with Gasteiger partial charge in [-0.15, -0.1) is 0 Å². The first-order valence-electron chi connectivity index (χ1n) is 9.85. The second-order valence-corrected chi connectivity index (χ2v) is 7.40. The molecule has 7 nitrogen and oxygen atoms in total. The molecule has 0 spiro atoms. The van der Waals surface area contributed by atoms with Gasteiger partial charge in [0.25, 0.3) is 5.91 Å². The van der Waals surface area contributed by atoms with Gasteiger partial charge < -0.3 is 24.1 Å². The lowest BCUT2D eigenvalue weighted by Gasteiger charge is -2.23. The highest BCUT2D eigenvalue weighted by Crippen LogP contribution is 2.30. The second-order valence-electron chi connectivity index (χ2n) is 7.40. The van der Waals surface area contributed by atoms with Crippen LogP contribution in [0.15, 0.2) is 27.4 Å². The molecule has 28 heavy (non-hydrogen) atoms. The predicted molar refractivity (Wildman–Crippen MR) is 106 cm³/mol. The molecule has 1 saturated heterocycles. The monoisotopic (exact) mass is 389 g/mol. The quantitative estimate of drug-likeness (QED) is 0.535. The number of morpholine rings is 1. The topological polar surface area (TPSA) is 82.2 Å². The van der Waals surface area contributed by atoms with Crippen molar-refractivity contribution in [2.45, 2.75) is 33.3 Å². The van der Waals surface area contributed by atoms with E-state index in [9.17, 15) is 9.59 Å². The van der Waals surface area contributed by atoms with Crippen molar-refractivity contribution < 1.29 is 23.6 Å². The van der Waals surface area contributed by atoms with E-state index in [1.807, 2.05) is 19.9 Å². The van der Waals surface area contributed by atoms with Crippen molar-refractivity contribution in [1.82, 2.24) is 5.32 Å². The highest BCUT2D eigenvalue weighted by atomic mass is 16.5. The van der Waals surface area contributed by atoms with Crippen LogP contribution in [0.25, 0.3) is 11.0 Å². The molecular formula is C21H29N2O5+. The Labute approximate surface area is 164 Å². The van der Waals surface area contributed by atoms with Crippen molar-refractivity contribution in [3.05, 3.63) is 39.7 Å². The molecule has 0 saturated carbocycles. The number of carbonyl (C=O) groups excluding carboxylic acids is 1. The first-order valence-corrected chi connectivity index (χ1v) is 9.85. The van der Waals surface area contributed by atoms with Crippen molar-refractivity contribution in [2.24, 2.45) is 0 Å². The van der Waals surface area contributed by atoms with Crippen LogP contribution in [0.2, 0.25) is 0 Å². The molecule has 1 amide bonds. The number of rotatable bonds is 7. The number of quaternary nitrogens is 1. The SMILES string of the molecule is Cc1cc(O[C@H](C)C(=O)NCCC[NH+]2CCOCC2)c2c(C)cc(=O)oc2c1. The Morgan fingerprint density at radius 3 is 2.75 bits per heavy atom. The predicted octanol–water partition coefficient (Wildman–Crippen LogP) is 0.599. The zero-order chi connectivity index (χ0) is 20.1. The lowest BCUT2D eigenvalue weighted by atomic mass is 10.1. The van der Waals surface area contributed by atoms with E-state index in [0.717, 1.165) is 55.8 Å². The number of fused-ring (bicyclic) bond motifs is 1. The molecule has 1 aliphatic heterocycles. The van der Waals surface area contributed by atoms with E-state index in [1.165, 1.54) is 11.0 Å². The van der Waals surface area contributed by atoms with Crippen LogP contribution in [0.5, 0.6) is 5.75 Å². The summed E-state index contributed by atoms with van der Waals surface area (Å²) in [4.78, 5) is 25.6. The van der Waals surface area contributed by atoms with Crippen LogP contribution >= 0.6 is 0 Å². The molecule has 3 rings (SSSR count). The molecule has 152 valence electrons. The van der Waals surface area contributed by atoms with Crippen molar-refractivity contribution in [2.75, 3.05) is 39.4 Å². The standard InChI is InChI=1S/C21H28N2O5/c1-14-11-17(20-15(2)13-19(24)28-18(20)12-14)27-16(3)21(25)22-5-4-6-23-7-9-26-10-8-23/h11-13,16H,4-10H2,1-3H3,(H,22,25)/p+1/t16-/m1/s1. The number of ether oxygens (including phenoxy) is 2. The molecule has 1 aliphatic rings. The number of hydrogen-bond donors (Lipinski definition) is 2. The van der Waals surface area contributed by atoms with Crippen molar-refractivity contribution >= 4 is 16.9 Å². The van der Waals surface area contributed by atoms with Gasteiger partial charge >= 0.3 is 5.63 Å². The van der Waals surface area contributed by atoms with Crippen LogP contribution in [-0.2, 0) is 9.53 Å². The molecule has 1 atom stereocenters. The zero-order valence-corrected chi connectivity index (χ0v) is 16.8. The van der Waals surface area contributed by atoms with Gasteiger partial charge in [-0.3, -0.25) is 4.79 Å². The Hall–Kier alpha value is -2.38. The minimum Gasteiger partial charge on any atom is -0.480 e. The van der Waals surface area contributed by atoms with Gasteiger partial charge in [0, 0.05) is 19.0 Å². The molecule has 2 aromatic rings. The molecule has 1 aromatic carbocycles. The van der Waals surface area contributed by atoms with Gasteiger partial charge in [-0.1, -0.05) is 0 Å². The van der Waals surface area contributed by atoms with Gasteiger partial charge in [0.1, 0.15) is 24.4 Å². The van der Waals surface area contributed by atoms with E-state index < -0.39 is 11.7 Å². The van der Waals surface area contributed by atoms with Crippen molar-refractivity contribution in [1.29, 1.82) is 0 Å². The van der Waals surface area contributed by atoms with Crippen LogP contribution < -0.4 is 20.6 Å². The second kappa shape index (κ2) is 9.21. The summed E-state index contributed by atoms with van der Waals surface area (Å²) in [6, 6.07) is 5.10. The fourth-order valence-electron chi connectivity index (χ4n) is 3.52. The summed E-state index contributed by atoms with van der Waals surface area (Å²) in [5.74, 6) is 0.401. The number of nitrogens with one attached hydrogen (secondary N) is 2. The third-order valence-corrected chi connectivity index (χ3v) is 5.03. The highest BCUT2D eigenvalue weighted by molar-refractivity contribution is 5.88. The summed E-state index contributed by atoms with van der Waals surface area (Å²) >= 11 is 0. The van der Waals surface area contributed by atoms with E-state index >= 15 is 0 Å². The molecule has 2 heterocycles. The van der Waals surface area contributed by atoms with Gasteiger partial charge in [0.2, 0.25) is 0 Å².